The quantitative estimate of drug-likeness (QED) is 0.884. The molecule has 0 bridgehead atoms. The lowest BCUT2D eigenvalue weighted by Gasteiger charge is -2.00. The first-order valence-electron chi connectivity index (χ1n) is 7.26. The van der Waals surface area contributed by atoms with Crippen LogP contribution in [0.2, 0.25) is 0 Å². The maximum absolute atomic E-state index is 11.3. The summed E-state index contributed by atoms with van der Waals surface area (Å²) >= 11 is 0. The van der Waals surface area contributed by atoms with Crippen LogP contribution in [0.25, 0.3) is 11.6 Å². The highest BCUT2D eigenvalue weighted by Gasteiger charge is 2.23. The van der Waals surface area contributed by atoms with E-state index in [0.717, 1.165) is 17.8 Å². The van der Waals surface area contributed by atoms with Crippen LogP contribution in [0, 0.1) is 5.92 Å². The first-order valence-corrected chi connectivity index (χ1v) is 7.26. The largest absolute Gasteiger partial charge is 0.475 e. The minimum Gasteiger partial charge on any atom is -0.475 e. The molecule has 0 aliphatic rings. The molecule has 6 heteroatoms. The van der Waals surface area contributed by atoms with Gasteiger partial charge in [0, 0.05) is 6.54 Å². The third-order valence-electron chi connectivity index (χ3n) is 3.20. The summed E-state index contributed by atoms with van der Waals surface area (Å²) in [5.41, 5.74) is 2.16. The predicted molar refractivity (Wildman–Crippen MR) is 78.3 cm³/mol. The number of aromatic nitrogens is 3. The van der Waals surface area contributed by atoms with Gasteiger partial charge >= 0.3 is 5.97 Å². The van der Waals surface area contributed by atoms with Crippen LogP contribution in [0.15, 0.2) is 10.5 Å². The van der Waals surface area contributed by atoms with E-state index in [1.165, 1.54) is 0 Å². The van der Waals surface area contributed by atoms with Gasteiger partial charge in [-0.3, -0.25) is 4.68 Å². The lowest BCUT2D eigenvalue weighted by Crippen LogP contribution is -2.03. The second-order valence-electron chi connectivity index (χ2n) is 5.39. The van der Waals surface area contributed by atoms with Crippen LogP contribution in [0.1, 0.15) is 49.6 Å². The Morgan fingerprint density at radius 1 is 1.43 bits per heavy atom. The van der Waals surface area contributed by atoms with Gasteiger partial charge in [-0.2, -0.15) is 5.10 Å². The summed E-state index contributed by atoms with van der Waals surface area (Å²) in [4.78, 5) is 15.7. The monoisotopic (exact) mass is 291 g/mol. The van der Waals surface area contributed by atoms with E-state index < -0.39 is 5.97 Å². The lowest BCUT2D eigenvalue weighted by atomic mass is 10.1. The Morgan fingerprint density at radius 3 is 2.67 bits per heavy atom. The summed E-state index contributed by atoms with van der Waals surface area (Å²) in [5, 5.41) is 13.7. The average molecular weight is 291 g/mol. The van der Waals surface area contributed by atoms with Crippen molar-refractivity contribution in [2.75, 3.05) is 0 Å². The van der Waals surface area contributed by atoms with Gasteiger partial charge in [-0.1, -0.05) is 20.8 Å². The third kappa shape index (κ3) is 3.15. The summed E-state index contributed by atoms with van der Waals surface area (Å²) in [7, 11) is 0. The molecule has 0 saturated heterocycles. The van der Waals surface area contributed by atoms with E-state index in [9.17, 15) is 9.90 Å². The summed E-state index contributed by atoms with van der Waals surface area (Å²) < 4.78 is 7.28. The number of rotatable bonds is 6. The molecule has 114 valence electrons. The number of nitrogens with zero attached hydrogens (tertiary/aromatic N) is 3. The summed E-state index contributed by atoms with van der Waals surface area (Å²) in [6.07, 6.45) is 1.39. The van der Waals surface area contributed by atoms with Crippen molar-refractivity contribution in [3.8, 4) is 11.6 Å². The first-order chi connectivity index (χ1) is 9.96. The van der Waals surface area contributed by atoms with Crippen LogP contribution < -0.4 is 0 Å². The Labute approximate surface area is 123 Å². The van der Waals surface area contributed by atoms with Gasteiger partial charge in [-0.25, -0.2) is 9.78 Å². The fraction of sp³-hybridized carbons (Fsp3) is 0.533. The zero-order chi connectivity index (χ0) is 15.6. The van der Waals surface area contributed by atoms with E-state index in [1.807, 2.05) is 33.8 Å². The number of hydrogen-bond acceptors (Lipinski definition) is 4. The molecule has 0 aliphatic carbocycles. The number of carbonyl (C=O) groups is 1. The average Bonchev–Trinajstić information content (AvgIpc) is 3.00. The minimum atomic E-state index is -1.08. The van der Waals surface area contributed by atoms with Gasteiger partial charge in [0.1, 0.15) is 5.69 Å². The zero-order valence-corrected chi connectivity index (χ0v) is 12.9. The van der Waals surface area contributed by atoms with E-state index in [1.54, 1.807) is 4.68 Å². The summed E-state index contributed by atoms with van der Waals surface area (Å²) in [6, 6.07) is 1.90. The molecule has 2 rings (SSSR count). The van der Waals surface area contributed by atoms with Crippen molar-refractivity contribution in [1.82, 2.24) is 14.8 Å². The first kappa shape index (κ1) is 15.3. The summed E-state index contributed by atoms with van der Waals surface area (Å²) in [5.74, 6) is -0.510. The Morgan fingerprint density at radius 2 is 2.14 bits per heavy atom. The van der Waals surface area contributed by atoms with Crippen molar-refractivity contribution < 1.29 is 14.3 Å². The Bertz CT molecular complexity index is 641. The molecular weight excluding hydrogens is 270 g/mol. The van der Waals surface area contributed by atoms with Gasteiger partial charge in [0.25, 0.3) is 0 Å². The fourth-order valence-corrected chi connectivity index (χ4v) is 2.21. The molecule has 0 unspecified atom stereocenters. The van der Waals surface area contributed by atoms with Gasteiger partial charge < -0.3 is 9.52 Å². The van der Waals surface area contributed by atoms with Gasteiger partial charge in [-0.15, -0.1) is 0 Å². The number of hydrogen-bond donors (Lipinski definition) is 1. The molecular formula is C15H21N3O3. The van der Waals surface area contributed by atoms with Gasteiger partial charge in [0.05, 0.1) is 11.4 Å². The molecule has 0 atom stereocenters. The maximum Gasteiger partial charge on any atom is 0.373 e. The predicted octanol–water partition coefficient (Wildman–Crippen LogP) is 3.02. The molecule has 2 aromatic rings. The Hall–Kier alpha value is -2.11. The Balaban J connectivity index is 2.49. The molecule has 1 N–H and O–H groups in total. The third-order valence-corrected chi connectivity index (χ3v) is 3.20. The van der Waals surface area contributed by atoms with Crippen molar-refractivity contribution in [2.24, 2.45) is 5.92 Å². The van der Waals surface area contributed by atoms with E-state index in [0.29, 0.717) is 30.5 Å². The van der Waals surface area contributed by atoms with Gasteiger partial charge in [0.15, 0.2) is 0 Å². The molecule has 0 aliphatic heterocycles. The number of carboxylic acid groups (broad SMARTS) is 1. The molecule has 21 heavy (non-hydrogen) atoms. The van der Waals surface area contributed by atoms with Gasteiger partial charge in [-0.05, 0) is 31.7 Å². The highest BCUT2D eigenvalue weighted by molar-refractivity contribution is 5.86. The Kier molecular flexibility index (Phi) is 4.45. The standard InChI is InChI=1S/C15H21N3O3/c1-5-10-8-12(18(6-2)17-10)14-16-11(7-9(3)4)13(21-14)15(19)20/h8-9H,5-7H2,1-4H3,(H,19,20). The van der Waals surface area contributed by atoms with E-state index >= 15 is 0 Å². The van der Waals surface area contributed by atoms with Crippen LogP contribution >= 0.6 is 0 Å². The SMILES string of the molecule is CCc1cc(-c2nc(CC(C)C)c(C(=O)O)o2)n(CC)n1. The zero-order valence-electron chi connectivity index (χ0n) is 12.9. The molecule has 0 radical (unpaired) electrons. The van der Waals surface area contributed by atoms with Gasteiger partial charge in [0.2, 0.25) is 11.7 Å². The minimum absolute atomic E-state index is 0.0689. The van der Waals surface area contributed by atoms with Crippen LogP contribution in [0.3, 0.4) is 0 Å². The second-order valence-corrected chi connectivity index (χ2v) is 5.39. The smallest absolute Gasteiger partial charge is 0.373 e. The van der Waals surface area contributed by atoms with Crippen LogP contribution in [-0.2, 0) is 19.4 Å². The number of aromatic carboxylic acids is 1. The second kappa shape index (κ2) is 6.11. The van der Waals surface area contributed by atoms with Crippen molar-refractivity contribution in [2.45, 2.75) is 47.1 Å². The molecule has 0 saturated carbocycles. The molecule has 2 heterocycles. The maximum atomic E-state index is 11.3. The topological polar surface area (TPSA) is 81.1 Å². The normalized spacial score (nSPS) is 11.3. The van der Waals surface area contributed by atoms with Crippen LogP contribution in [0.5, 0.6) is 0 Å². The molecule has 2 aromatic heterocycles. The van der Waals surface area contributed by atoms with Crippen molar-refractivity contribution in [3.05, 3.63) is 23.2 Å². The molecule has 0 spiro atoms. The number of oxazole rings is 1. The lowest BCUT2D eigenvalue weighted by molar-refractivity contribution is 0.0661. The molecule has 0 aromatic carbocycles. The van der Waals surface area contributed by atoms with Crippen molar-refractivity contribution >= 4 is 5.97 Å². The van der Waals surface area contributed by atoms with E-state index in [-0.39, 0.29) is 5.76 Å². The molecule has 0 fully saturated rings. The number of carboxylic acids is 1. The highest BCUT2D eigenvalue weighted by atomic mass is 16.4. The molecule has 6 nitrogen and oxygen atoms in total. The highest BCUT2D eigenvalue weighted by Crippen LogP contribution is 2.25. The van der Waals surface area contributed by atoms with Crippen LogP contribution in [0.4, 0.5) is 0 Å². The van der Waals surface area contributed by atoms with E-state index in [4.69, 9.17) is 4.42 Å². The van der Waals surface area contributed by atoms with Crippen molar-refractivity contribution in [3.63, 3.8) is 0 Å². The fourth-order valence-electron chi connectivity index (χ4n) is 2.21. The van der Waals surface area contributed by atoms with E-state index in [2.05, 4.69) is 10.1 Å². The number of aryl methyl sites for hydroxylation is 2. The van der Waals surface area contributed by atoms with Crippen molar-refractivity contribution in [1.29, 1.82) is 0 Å². The summed E-state index contributed by atoms with van der Waals surface area (Å²) in [6.45, 7) is 8.72. The van der Waals surface area contributed by atoms with Crippen LogP contribution in [-0.4, -0.2) is 25.8 Å². The molecule has 0 amide bonds.